The van der Waals surface area contributed by atoms with Gasteiger partial charge in [0.2, 0.25) is 11.8 Å². The number of rotatable bonds is 6. The topological polar surface area (TPSA) is 71.0 Å². The molecule has 0 saturated carbocycles. The maximum absolute atomic E-state index is 12.7. The Morgan fingerprint density at radius 2 is 1.89 bits per heavy atom. The van der Waals surface area contributed by atoms with Gasteiger partial charge in [0, 0.05) is 20.0 Å². The Kier molecular flexibility index (Phi) is 6.71. The van der Waals surface area contributed by atoms with Crippen molar-refractivity contribution in [3.8, 4) is 5.75 Å². The molecular weight excluding hydrogens is 374 g/mol. The number of amidine groups is 1. The normalized spacial score (nSPS) is 17.1. The predicted molar refractivity (Wildman–Crippen MR) is 113 cm³/mol. The van der Waals surface area contributed by atoms with Crippen LogP contribution in [0.3, 0.4) is 0 Å². The maximum atomic E-state index is 12.7. The number of carbonyl (C=O) groups excluding carboxylic acids is 2. The van der Waals surface area contributed by atoms with Crippen molar-refractivity contribution < 1.29 is 14.3 Å². The van der Waals surface area contributed by atoms with E-state index in [2.05, 4.69) is 10.3 Å². The van der Waals surface area contributed by atoms with Gasteiger partial charge in [0.15, 0.2) is 5.17 Å². The van der Waals surface area contributed by atoms with E-state index in [0.717, 1.165) is 11.3 Å². The Morgan fingerprint density at radius 1 is 1.18 bits per heavy atom. The number of thioether (sulfide) groups is 1. The second-order valence-electron chi connectivity index (χ2n) is 6.28. The molecule has 0 radical (unpaired) electrons. The molecule has 0 unspecified atom stereocenters. The fraction of sp³-hybridized carbons (Fsp3) is 0.286. The largest absolute Gasteiger partial charge is 0.495 e. The molecule has 1 aliphatic heterocycles. The van der Waals surface area contributed by atoms with Crippen LogP contribution in [0.25, 0.3) is 0 Å². The number of imide groups is 1. The van der Waals surface area contributed by atoms with Gasteiger partial charge in [-0.05, 0) is 24.1 Å². The monoisotopic (exact) mass is 397 g/mol. The molecular formula is C21H23N3O3S. The second kappa shape index (κ2) is 9.41. The number of ether oxygens (including phenoxy) is 1. The highest BCUT2D eigenvalue weighted by atomic mass is 32.2. The number of benzene rings is 2. The van der Waals surface area contributed by atoms with Gasteiger partial charge >= 0.3 is 0 Å². The van der Waals surface area contributed by atoms with Crippen LogP contribution in [0.1, 0.15) is 12.0 Å². The maximum Gasteiger partial charge on any atom is 0.243 e. The van der Waals surface area contributed by atoms with Crippen LogP contribution in [0.4, 0.5) is 5.69 Å². The van der Waals surface area contributed by atoms with Crippen molar-refractivity contribution in [3.63, 3.8) is 0 Å². The minimum absolute atomic E-state index is 0.133. The van der Waals surface area contributed by atoms with Crippen molar-refractivity contribution in [3.05, 3.63) is 60.2 Å². The van der Waals surface area contributed by atoms with Gasteiger partial charge in [-0.25, -0.2) is 0 Å². The first kappa shape index (κ1) is 19.9. The second-order valence-corrected chi connectivity index (χ2v) is 7.48. The van der Waals surface area contributed by atoms with Gasteiger partial charge in [0.05, 0.1) is 12.8 Å². The van der Waals surface area contributed by atoms with E-state index in [9.17, 15) is 9.59 Å². The third-order valence-electron chi connectivity index (χ3n) is 4.48. The molecule has 0 bridgehead atoms. The first-order valence-electron chi connectivity index (χ1n) is 9.04. The minimum Gasteiger partial charge on any atom is -0.495 e. The molecule has 2 aromatic rings. The van der Waals surface area contributed by atoms with E-state index >= 15 is 0 Å². The Hall–Kier alpha value is -2.80. The highest BCUT2D eigenvalue weighted by molar-refractivity contribution is 8.15. The van der Waals surface area contributed by atoms with Crippen molar-refractivity contribution in [2.24, 2.45) is 4.99 Å². The van der Waals surface area contributed by atoms with Gasteiger partial charge in [0.25, 0.3) is 0 Å². The standard InChI is InChI=1S/C21H23N3O3S/c1-22-21(23-16-10-6-7-11-17(16)27-2)28-18-14-19(25)24(20(18)26)13-12-15-8-4-3-5-9-15/h3-11,18H,12-14H2,1-2H3,(H,22,23)/t18-/m0/s1. The van der Waals surface area contributed by atoms with Crippen molar-refractivity contribution >= 4 is 34.4 Å². The lowest BCUT2D eigenvalue weighted by Gasteiger charge is -2.16. The molecule has 1 heterocycles. The molecule has 146 valence electrons. The molecule has 28 heavy (non-hydrogen) atoms. The highest BCUT2D eigenvalue weighted by Crippen LogP contribution is 2.29. The van der Waals surface area contributed by atoms with Crippen LogP contribution in [0, 0.1) is 0 Å². The summed E-state index contributed by atoms with van der Waals surface area (Å²) in [4.78, 5) is 30.7. The first-order chi connectivity index (χ1) is 13.6. The number of amides is 2. The van der Waals surface area contributed by atoms with E-state index in [0.29, 0.717) is 23.9 Å². The van der Waals surface area contributed by atoms with Gasteiger partial charge in [0.1, 0.15) is 11.0 Å². The van der Waals surface area contributed by atoms with E-state index in [4.69, 9.17) is 4.74 Å². The molecule has 1 aliphatic rings. The number of para-hydroxylation sites is 2. The summed E-state index contributed by atoms with van der Waals surface area (Å²) in [7, 11) is 3.25. The van der Waals surface area contributed by atoms with Crippen LogP contribution >= 0.6 is 11.8 Å². The number of nitrogens with zero attached hydrogens (tertiary/aromatic N) is 2. The number of hydrogen-bond donors (Lipinski definition) is 1. The lowest BCUT2D eigenvalue weighted by Crippen LogP contribution is -2.33. The number of aliphatic imine (C=N–C) groups is 1. The smallest absolute Gasteiger partial charge is 0.243 e. The summed E-state index contributed by atoms with van der Waals surface area (Å²) in [5.74, 6) is 0.391. The molecule has 2 amide bonds. The summed E-state index contributed by atoms with van der Waals surface area (Å²) in [5.41, 5.74) is 1.86. The van der Waals surface area contributed by atoms with Gasteiger partial charge in [-0.1, -0.05) is 54.2 Å². The van der Waals surface area contributed by atoms with Gasteiger partial charge in [-0.3, -0.25) is 19.5 Å². The molecule has 6 nitrogen and oxygen atoms in total. The molecule has 0 spiro atoms. The lowest BCUT2D eigenvalue weighted by atomic mass is 10.1. The molecule has 0 aromatic heterocycles. The first-order valence-corrected chi connectivity index (χ1v) is 9.92. The summed E-state index contributed by atoms with van der Waals surface area (Å²) in [6.45, 7) is 0.400. The summed E-state index contributed by atoms with van der Waals surface area (Å²) >= 11 is 1.27. The van der Waals surface area contributed by atoms with E-state index in [1.807, 2.05) is 54.6 Å². The predicted octanol–water partition coefficient (Wildman–Crippen LogP) is 3.20. The SMILES string of the molecule is CN=C(Nc1ccccc1OC)S[C@H]1CC(=O)N(CCc2ccccc2)C1=O. The van der Waals surface area contributed by atoms with E-state index in [1.54, 1.807) is 14.2 Å². The van der Waals surface area contributed by atoms with Crippen LogP contribution in [-0.4, -0.2) is 47.8 Å². The zero-order valence-electron chi connectivity index (χ0n) is 15.9. The molecule has 2 aromatic carbocycles. The zero-order chi connectivity index (χ0) is 19.9. The summed E-state index contributed by atoms with van der Waals surface area (Å²) in [6, 6.07) is 17.3. The third kappa shape index (κ3) is 4.72. The number of nitrogens with one attached hydrogen (secondary N) is 1. The number of anilines is 1. The van der Waals surface area contributed by atoms with Crippen LogP contribution < -0.4 is 10.1 Å². The van der Waals surface area contributed by atoms with Crippen LogP contribution in [0.2, 0.25) is 0 Å². The molecule has 1 fully saturated rings. The summed E-state index contributed by atoms with van der Waals surface area (Å²) in [5, 5.41) is 3.29. The van der Waals surface area contributed by atoms with Gasteiger partial charge in [-0.15, -0.1) is 0 Å². The van der Waals surface area contributed by atoms with Crippen LogP contribution in [-0.2, 0) is 16.0 Å². The quantitative estimate of drug-likeness (QED) is 0.460. The lowest BCUT2D eigenvalue weighted by molar-refractivity contribution is -0.138. The molecule has 1 N–H and O–H groups in total. The highest BCUT2D eigenvalue weighted by Gasteiger charge is 2.39. The average molecular weight is 398 g/mol. The van der Waals surface area contributed by atoms with Crippen LogP contribution in [0.15, 0.2) is 59.6 Å². The zero-order valence-corrected chi connectivity index (χ0v) is 16.7. The summed E-state index contributed by atoms with van der Waals surface area (Å²) in [6.07, 6.45) is 0.842. The molecule has 1 atom stereocenters. The molecule has 1 saturated heterocycles. The number of likely N-dealkylation sites (tertiary alicyclic amines) is 1. The van der Waals surface area contributed by atoms with Crippen molar-refractivity contribution in [1.29, 1.82) is 0 Å². The molecule has 0 aliphatic carbocycles. The van der Waals surface area contributed by atoms with Gasteiger partial charge < -0.3 is 10.1 Å². The van der Waals surface area contributed by atoms with Crippen molar-refractivity contribution in [1.82, 2.24) is 4.90 Å². The van der Waals surface area contributed by atoms with Crippen LogP contribution in [0.5, 0.6) is 5.75 Å². The Labute approximate surface area is 169 Å². The molecule has 7 heteroatoms. The Morgan fingerprint density at radius 3 is 2.61 bits per heavy atom. The Balaban J connectivity index is 1.62. The van der Waals surface area contributed by atoms with Gasteiger partial charge in [-0.2, -0.15) is 0 Å². The average Bonchev–Trinajstić information content (AvgIpc) is 2.99. The van der Waals surface area contributed by atoms with Crippen molar-refractivity contribution in [2.45, 2.75) is 18.1 Å². The minimum atomic E-state index is -0.468. The fourth-order valence-electron chi connectivity index (χ4n) is 3.00. The van der Waals surface area contributed by atoms with Crippen molar-refractivity contribution in [2.75, 3.05) is 26.0 Å². The number of carbonyl (C=O) groups is 2. The Bertz CT molecular complexity index is 870. The van der Waals surface area contributed by atoms with E-state index in [1.165, 1.54) is 16.7 Å². The summed E-state index contributed by atoms with van der Waals surface area (Å²) < 4.78 is 5.33. The molecule has 3 rings (SSSR count). The number of methoxy groups -OCH3 is 1. The van der Waals surface area contributed by atoms with E-state index in [-0.39, 0.29) is 18.2 Å². The third-order valence-corrected chi connectivity index (χ3v) is 5.64. The fourth-order valence-corrected chi connectivity index (χ4v) is 4.00. The number of hydrogen-bond acceptors (Lipinski definition) is 5. The van der Waals surface area contributed by atoms with E-state index < -0.39 is 5.25 Å².